The summed E-state index contributed by atoms with van der Waals surface area (Å²) in [7, 11) is 0. The lowest BCUT2D eigenvalue weighted by molar-refractivity contribution is 0.583. The fourth-order valence-corrected chi connectivity index (χ4v) is 2.09. The molecule has 1 fully saturated rings. The second-order valence-corrected chi connectivity index (χ2v) is 4.21. The highest BCUT2D eigenvalue weighted by atomic mass is 15.0. The first-order valence-corrected chi connectivity index (χ1v) is 5.92. The number of hydrogen-bond donors (Lipinski definition) is 1. The summed E-state index contributed by atoms with van der Waals surface area (Å²) in [5, 5.41) is 3.48. The Labute approximate surface area is 91.3 Å². The predicted octanol–water partition coefficient (Wildman–Crippen LogP) is 1.72. The van der Waals surface area contributed by atoms with Gasteiger partial charge in [-0.25, -0.2) is 9.97 Å². The first-order chi connectivity index (χ1) is 7.38. The molecule has 1 unspecified atom stereocenters. The van der Waals surface area contributed by atoms with Gasteiger partial charge in [-0.3, -0.25) is 0 Å². The van der Waals surface area contributed by atoms with Crippen molar-refractivity contribution in [1.29, 1.82) is 0 Å². The Morgan fingerprint density at radius 3 is 3.20 bits per heavy atom. The van der Waals surface area contributed by atoms with Crippen molar-refractivity contribution in [1.82, 2.24) is 15.3 Å². The lowest BCUT2D eigenvalue weighted by Gasteiger charge is -2.09. The van der Waals surface area contributed by atoms with Gasteiger partial charge in [0.1, 0.15) is 5.82 Å². The van der Waals surface area contributed by atoms with Crippen LogP contribution in [0.15, 0.2) is 12.3 Å². The van der Waals surface area contributed by atoms with Crippen LogP contribution in [0.1, 0.15) is 37.7 Å². The van der Waals surface area contributed by atoms with Crippen LogP contribution in [0.2, 0.25) is 0 Å². The van der Waals surface area contributed by atoms with Gasteiger partial charge in [-0.05, 0) is 31.9 Å². The van der Waals surface area contributed by atoms with Gasteiger partial charge in [-0.2, -0.15) is 0 Å². The van der Waals surface area contributed by atoms with Crippen molar-refractivity contribution in [2.24, 2.45) is 0 Å². The summed E-state index contributed by atoms with van der Waals surface area (Å²) in [6.07, 6.45) is 7.65. The Balaban J connectivity index is 1.97. The molecule has 0 amide bonds. The van der Waals surface area contributed by atoms with Crippen LogP contribution in [0.5, 0.6) is 0 Å². The van der Waals surface area contributed by atoms with Gasteiger partial charge in [0.15, 0.2) is 0 Å². The highest BCUT2D eigenvalue weighted by Crippen LogP contribution is 2.09. The first-order valence-electron chi connectivity index (χ1n) is 5.92. The summed E-state index contributed by atoms with van der Waals surface area (Å²) in [5.74, 6) is 1.00. The molecular weight excluding hydrogens is 186 g/mol. The number of hydrogen-bond acceptors (Lipinski definition) is 3. The van der Waals surface area contributed by atoms with Crippen LogP contribution >= 0.6 is 0 Å². The molecule has 3 nitrogen and oxygen atoms in total. The molecule has 3 heteroatoms. The lowest BCUT2D eigenvalue weighted by Crippen LogP contribution is -2.24. The van der Waals surface area contributed by atoms with E-state index in [0.29, 0.717) is 6.04 Å². The summed E-state index contributed by atoms with van der Waals surface area (Å²) in [6.45, 7) is 3.33. The topological polar surface area (TPSA) is 37.8 Å². The molecule has 1 atom stereocenters. The molecule has 1 aliphatic heterocycles. The second kappa shape index (κ2) is 5.21. The molecule has 2 heterocycles. The molecule has 0 spiro atoms. The lowest BCUT2D eigenvalue weighted by atomic mass is 10.1. The van der Waals surface area contributed by atoms with E-state index in [1.165, 1.54) is 18.5 Å². The van der Waals surface area contributed by atoms with Gasteiger partial charge in [0.05, 0.1) is 0 Å². The van der Waals surface area contributed by atoms with Gasteiger partial charge in [0.25, 0.3) is 0 Å². The number of rotatable bonds is 4. The number of nitrogens with zero attached hydrogens (tertiary/aromatic N) is 2. The smallest absolute Gasteiger partial charge is 0.130 e. The maximum Gasteiger partial charge on any atom is 0.130 e. The Morgan fingerprint density at radius 1 is 1.53 bits per heavy atom. The third-order valence-corrected chi connectivity index (χ3v) is 2.86. The second-order valence-electron chi connectivity index (χ2n) is 4.21. The van der Waals surface area contributed by atoms with Crippen molar-refractivity contribution >= 4 is 0 Å². The van der Waals surface area contributed by atoms with Crippen LogP contribution in [0.3, 0.4) is 0 Å². The normalized spacial score (nSPS) is 20.7. The summed E-state index contributed by atoms with van der Waals surface area (Å²) >= 11 is 0. The molecule has 0 aromatic carbocycles. The van der Waals surface area contributed by atoms with E-state index in [0.717, 1.165) is 31.6 Å². The van der Waals surface area contributed by atoms with Crippen LogP contribution < -0.4 is 5.32 Å². The van der Waals surface area contributed by atoms with Gasteiger partial charge in [-0.15, -0.1) is 0 Å². The molecule has 1 aromatic heterocycles. The monoisotopic (exact) mass is 205 g/mol. The molecule has 0 radical (unpaired) electrons. The van der Waals surface area contributed by atoms with Crippen molar-refractivity contribution in [3.05, 3.63) is 23.8 Å². The molecule has 1 aliphatic rings. The SMILES string of the molecule is CCCc1ccnc(CC2CCCN2)n1. The van der Waals surface area contributed by atoms with Crippen molar-refractivity contribution in [3.63, 3.8) is 0 Å². The maximum atomic E-state index is 4.57. The van der Waals surface area contributed by atoms with E-state index in [2.05, 4.69) is 22.2 Å². The van der Waals surface area contributed by atoms with E-state index in [4.69, 9.17) is 0 Å². The molecule has 2 rings (SSSR count). The van der Waals surface area contributed by atoms with Crippen LogP contribution in [0.25, 0.3) is 0 Å². The van der Waals surface area contributed by atoms with Gasteiger partial charge in [0.2, 0.25) is 0 Å². The fourth-order valence-electron chi connectivity index (χ4n) is 2.09. The average Bonchev–Trinajstić information content (AvgIpc) is 2.71. The Morgan fingerprint density at radius 2 is 2.47 bits per heavy atom. The van der Waals surface area contributed by atoms with Crippen molar-refractivity contribution in [2.75, 3.05) is 6.54 Å². The standard InChI is InChI=1S/C12H19N3/c1-2-4-10-6-8-14-12(15-10)9-11-5-3-7-13-11/h6,8,11,13H,2-5,7,9H2,1H3. The molecule has 0 bridgehead atoms. The number of aromatic nitrogens is 2. The summed E-state index contributed by atoms with van der Waals surface area (Å²) < 4.78 is 0. The molecular formula is C12H19N3. The molecule has 1 aromatic rings. The molecule has 1 saturated heterocycles. The molecule has 0 saturated carbocycles. The molecule has 15 heavy (non-hydrogen) atoms. The molecule has 82 valence electrons. The van der Waals surface area contributed by atoms with Crippen molar-refractivity contribution in [3.8, 4) is 0 Å². The van der Waals surface area contributed by atoms with Crippen LogP contribution in [-0.2, 0) is 12.8 Å². The first kappa shape index (κ1) is 10.6. The summed E-state index contributed by atoms with van der Waals surface area (Å²) in [6, 6.07) is 2.62. The van der Waals surface area contributed by atoms with E-state index in [1.807, 2.05) is 12.3 Å². The van der Waals surface area contributed by atoms with Gasteiger partial charge in [-0.1, -0.05) is 13.3 Å². The van der Waals surface area contributed by atoms with Crippen LogP contribution in [0.4, 0.5) is 0 Å². The highest BCUT2D eigenvalue weighted by molar-refractivity contribution is 5.03. The zero-order chi connectivity index (χ0) is 10.5. The quantitative estimate of drug-likeness (QED) is 0.813. The average molecular weight is 205 g/mol. The maximum absolute atomic E-state index is 4.57. The van der Waals surface area contributed by atoms with Crippen LogP contribution in [-0.4, -0.2) is 22.6 Å². The Hall–Kier alpha value is -0.960. The highest BCUT2D eigenvalue weighted by Gasteiger charge is 2.15. The molecule has 0 aliphatic carbocycles. The minimum absolute atomic E-state index is 0.599. The number of aryl methyl sites for hydroxylation is 1. The predicted molar refractivity (Wildman–Crippen MR) is 60.8 cm³/mol. The van der Waals surface area contributed by atoms with Gasteiger partial charge in [0, 0.05) is 24.4 Å². The van der Waals surface area contributed by atoms with Gasteiger partial charge >= 0.3 is 0 Å². The zero-order valence-electron chi connectivity index (χ0n) is 9.37. The van der Waals surface area contributed by atoms with E-state index in [1.54, 1.807) is 0 Å². The van der Waals surface area contributed by atoms with E-state index in [9.17, 15) is 0 Å². The Kier molecular flexibility index (Phi) is 3.67. The zero-order valence-corrected chi connectivity index (χ0v) is 9.37. The fraction of sp³-hybridized carbons (Fsp3) is 0.667. The van der Waals surface area contributed by atoms with E-state index in [-0.39, 0.29) is 0 Å². The largest absolute Gasteiger partial charge is 0.314 e. The van der Waals surface area contributed by atoms with Crippen LogP contribution in [0, 0.1) is 0 Å². The number of nitrogens with one attached hydrogen (secondary N) is 1. The Bertz CT molecular complexity index is 305. The molecule has 1 N–H and O–H groups in total. The summed E-state index contributed by atoms with van der Waals surface area (Å²) in [4.78, 5) is 8.91. The van der Waals surface area contributed by atoms with Crippen molar-refractivity contribution < 1.29 is 0 Å². The van der Waals surface area contributed by atoms with Gasteiger partial charge < -0.3 is 5.32 Å². The third-order valence-electron chi connectivity index (χ3n) is 2.86. The minimum Gasteiger partial charge on any atom is -0.314 e. The van der Waals surface area contributed by atoms with E-state index >= 15 is 0 Å². The summed E-state index contributed by atoms with van der Waals surface area (Å²) in [5.41, 5.74) is 1.18. The minimum atomic E-state index is 0.599. The van der Waals surface area contributed by atoms with Crippen molar-refractivity contribution in [2.45, 2.75) is 45.1 Å². The van der Waals surface area contributed by atoms with E-state index < -0.39 is 0 Å². The third kappa shape index (κ3) is 2.99.